The van der Waals surface area contributed by atoms with Crippen molar-refractivity contribution in [2.75, 3.05) is 0 Å². The van der Waals surface area contributed by atoms with E-state index in [0.29, 0.717) is 17.5 Å². The normalized spacial score (nSPS) is 11.9. The molecule has 0 spiro atoms. The van der Waals surface area contributed by atoms with E-state index in [9.17, 15) is 0 Å². The molecule has 4 heteroatoms. The second-order valence-corrected chi connectivity index (χ2v) is 14.8. The van der Waals surface area contributed by atoms with Crippen molar-refractivity contribution in [1.29, 1.82) is 0 Å². The van der Waals surface area contributed by atoms with Crippen LogP contribution in [0.4, 0.5) is 0 Å². The number of rotatable bonds is 4. The fourth-order valence-corrected chi connectivity index (χ4v) is 8.64. The highest BCUT2D eigenvalue weighted by atomic mass is 16.3. The van der Waals surface area contributed by atoms with E-state index in [-0.39, 0.29) is 0 Å². The Morgan fingerprint density at radius 1 is 0.281 bits per heavy atom. The molecule has 0 fully saturated rings. The van der Waals surface area contributed by atoms with Crippen molar-refractivity contribution in [2.24, 2.45) is 0 Å². The first-order chi connectivity index (χ1) is 28.2. The van der Waals surface area contributed by atoms with Crippen LogP contribution in [0.5, 0.6) is 0 Å². The molecule has 0 atom stereocenters. The molecule has 0 radical (unpaired) electrons. The van der Waals surface area contributed by atoms with Crippen LogP contribution in [-0.4, -0.2) is 15.0 Å². The van der Waals surface area contributed by atoms with Gasteiger partial charge in [0.1, 0.15) is 11.2 Å². The van der Waals surface area contributed by atoms with Crippen molar-refractivity contribution in [3.05, 3.63) is 188 Å². The van der Waals surface area contributed by atoms with Crippen molar-refractivity contribution in [2.45, 2.75) is 0 Å². The highest BCUT2D eigenvalue weighted by molar-refractivity contribution is 6.20. The van der Waals surface area contributed by atoms with E-state index in [4.69, 9.17) is 19.4 Å². The highest BCUT2D eigenvalue weighted by Crippen LogP contribution is 2.44. The van der Waals surface area contributed by atoms with Crippen LogP contribution in [0.15, 0.2) is 192 Å². The Hall–Kier alpha value is -7.69. The molecule has 0 bridgehead atoms. The van der Waals surface area contributed by atoms with Crippen LogP contribution in [0.25, 0.3) is 121 Å². The Kier molecular flexibility index (Phi) is 6.89. The summed E-state index contributed by atoms with van der Waals surface area (Å²) < 4.78 is 7.12. The summed E-state index contributed by atoms with van der Waals surface area (Å²) in [5.41, 5.74) is 6.44. The number of furan rings is 1. The van der Waals surface area contributed by atoms with Crippen LogP contribution >= 0.6 is 0 Å². The number of aromatic nitrogens is 3. The maximum Gasteiger partial charge on any atom is 0.167 e. The smallest absolute Gasteiger partial charge is 0.167 e. The van der Waals surface area contributed by atoms with Gasteiger partial charge in [-0.1, -0.05) is 158 Å². The summed E-state index contributed by atoms with van der Waals surface area (Å²) in [4.78, 5) is 15.5. The van der Waals surface area contributed by atoms with Gasteiger partial charge < -0.3 is 4.42 Å². The van der Waals surface area contributed by atoms with Gasteiger partial charge in [0.25, 0.3) is 0 Å². The predicted octanol–water partition coefficient (Wildman–Crippen LogP) is 14.2. The fraction of sp³-hybridized carbons (Fsp3) is 0. The maximum atomic E-state index is 7.12. The van der Waals surface area contributed by atoms with E-state index in [0.717, 1.165) is 71.3 Å². The summed E-state index contributed by atoms with van der Waals surface area (Å²) in [6.07, 6.45) is 0. The van der Waals surface area contributed by atoms with Crippen molar-refractivity contribution in [3.8, 4) is 45.3 Å². The predicted molar refractivity (Wildman–Crippen MR) is 236 cm³/mol. The lowest BCUT2D eigenvalue weighted by Crippen LogP contribution is -2.00. The van der Waals surface area contributed by atoms with Gasteiger partial charge in [-0.05, 0) is 89.8 Å². The summed E-state index contributed by atoms with van der Waals surface area (Å²) in [7, 11) is 0. The van der Waals surface area contributed by atoms with E-state index < -0.39 is 0 Å². The number of para-hydroxylation sites is 1. The van der Waals surface area contributed by atoms with Gasteiger partial charge in [-0.15, -0.1) is 0 Å². The number of hydrogen-bond acceptors (Lipinski definition) is 4. The Morgan fingerprint density at radius 2 is 0.772 bits per heavy atom. The van der Waals surface area contributed by atoms with E-state index in [1.165, 1.54) is 32.3 Å². The van der Waals surface area contributed by atoms with E-state index in [2.05, 4.69) is 188 Å². The molecule has 2 aromatic heterocycles. The van der Waals surface area contributed by atoms with Crippen LogP contribution in [0.3, 0.4) is 0 Å². The largest absolute Gasteiger partial charge is 0.455 e. The summed E-state index contributed by atoms with van der Waals surface area (Å²) in [5, 5.41) is 13.9. The lowest BCUT2D eigenvalue weighted by molar-refractivity contribution is 0.671. The quantitative estimate of drug-likeness (QED) is 0.170. The summed E-state index contributed by atoms with van der Waals surface area (Å²) in [5.74, 6) is 1.78. The van der Waals surface area contributed by atoms with Crippen molar-refractivity contribution in [1.82, 2.24) is 15.0 Å². The Balaban J connectivity index is 1.10. The molecule has 0 unspecified atom stereocenters. The van der Waals surface area contributed by atoms with Crippen LogP contribution in [-0.2, 0) is 0 Å². The first-order valence-corrected chi connectivity index (χ1v) is 19.3. The number of benzene rings is 10. The third-order valence-electron chi connectivity index (χ3n) is 11.4. The van der Waals surface area contributed by atoms with Crippen LogP contribution in [0.1, 0.15) is 0 Å². The van der Waals surface area contributed by atoms with Crippen LogP contribution in [0.2, 0.25) is 0 Å². The Labute approximate surface area is 327 Å². The number of nitrogens with zero attached hydrogens (tertiary/aromatic N) is 3. The molecule has 12 rings (SSSR count). The molecule has 0 aliphatic rings. The first kappa shape index (κ1) is 31.6. The molecular weight excluding hydrogens is 695 g/mol. The molecule has 0 N–H and O–H groups in total. The third-order valence-corrected chi connectivity index (χ3v) is 11.4. The molecule has 0 saturated carbocycles. The van der Waals surface area contributed by atoms with Gasteiger partial charge in [0, 0.05) is 27.5 Å². The van der Waals surface area contributed by atoms with Gasteiger partial charge in [-0.2, -0.15) is 0 Å². The lowest BCUT2D eigenvalue weighted by Gasteiger charge is -2.11. The second-order valence-electron chi connectivity index (χ2n) is 14.8. The fourth-order valence-electron chi connectivity index (χ4n) is 8.64. The monoisotopic (exact) mass is 725 g/mol. The average molecular weight is 726 g/mol. The molecule has 2 heterocycles. The lowest BCUT2D eigenvalue weighted by atomic mass is 9.92. The Morgan fingerprint density at radius 3 is 1.49 bits per heavy atom. The van der Waals surface area contributed by atoms with Crippen molar-refractivity contribution in [3.63, 3.8) is 0 Å². The molecule has 0 amide bonds. The van der Waals surface area contributed by atoms with Crippen molar-refractivity contribution >= 4 is 75.8 Å². The summed E-state index contributed by atoms with van der Waals surface area (Å²) >= 11 is 0. The zero-order valence-electron chi connectivity index (χ0n) is 30.6. The molecule has 0 saturated heterocycles. The van der Waals surface area contributed by atoms with E-state index >= 15 is 0 Å². The second kappa shape index (κ2) is 12.4. The number of fused-ring (bicyclic) bond motifs is 9. The average Bonchev–Trinajstić information content (AvgIpc) is 3.65. The van der Waals surface area contributed by atoms with Crippen molar-refractivity contribution < 1.29 is 4.42 Å². The van der Waals surface area contributed by atoms with Crippen LogP contribution in [0, 0.1) is 0 Å². The highest BCUT2D eigenvalue weighted by Gasteiger charge is 2.21. The zero-order valence-corrected chi connectivity index (χ0v) is 30.6. The summed E-state index contributed by atoms with van der Waals surface area (Å²) in [6, 6.07) is 66.4. The van der Waals surface area contributed by atoms with E-state index in [1.807, 2.05) is 0 Å². The summed E-state index contributed by atoms with van der Waals surface area (Å²) in [6.45, 7) is 0. The molecule has 0 aliphatic heterocycles. The first-order valence-electron chi connectivity index (χ1n) is 19.3. The topological polar surface area (TPSA) is 51.8 Å². The zero-order chi connectivity index (χ0) is 37.5. The minimum Gasteiger partial charge on any atom is -0.455 e. The maximum absolute atomic E-state index is 7.12. The van der Waals surface area contributed by atoms with Gasteiger partial charge >= 0.3 is 0 Å². The van der Waals surface area contributed by atoms with Gasteiger partial charge in [0.2, 0.25) is 0 Å². The third kappa shape index (κ3) is 5.12. The molecule has 4 nitrogen and oxygen atoms in total. The molecule has 12 aromatic rings. The van der Waals surface area contributed by atoms with E-state index in [1.54, 1.807) is 0 Å². The molecule has 10 aromatic carbocycles. The standard InChI is InChI=1S/C53H31N3O/c1-3-13-35-28-40(24-20-32(35)10-1)51-54-52(41-25-21-33-11-2-4-14-36(33)29-41)56-53(55-51)46-19-9-18-45-47-31-37-15-6-8-17-44(37)48(50(47)57-49(45)46)39-26-27-43-38(30-39)23-22-34-12-5-7-16-42(34)43/h1-31H. The van der Waals surface area contributed by atoms with Gasteiger partial charge in [0.15, 0.2) is 17.5 Å². The molecule has 264 valence electrons. The van der Waals surface area contributed by atoms with Gasteiger partial charge in [-0.25, -0.2) is 15.0 Å². The van der Waals surface area contributed by atoms with Gasteiger partial charge in [0.05, 0.1) is 5.56 Å². The molecular formula is C53H31N3O. The number of hydrogen-bond donors (Lipinski definition) is 0. The molecule has 57 heavy (non-hydrogen) atoms. The van der Waals surface area contributed by atoms with Gasteiger partial charge in [-0.3, -0.25) is 0 Å². The Bertz CT molecular complexity index is 3500. The minimum absolute atomic E-state index is 0.560. The SMILES string of the molecule is c1ccc2cc(-c3nc(-c4ccc5ccccc5c4)nc(-c4cccc5c4oc4c(-c6ccc7c(ccc8ccccc87)c6)c6ccccc6cc45)n3)ccc2c1. The molecule has 0 aliphatic carbocycles. The minimum atomic E-state index is 0.560. The van der Waals surface area contributed by atoms with Crippen LogP contribution < -0.4 is 0 Å².